The summed E-state index contributed by atoms with van der Waals surface area (Å²) in [6.07, 6.45) is -0.508. The van der Waals surface area contributed by atoms with Gasteiger partial charge in [0.15, 0.2) is 0 Å². The number of morpholine rings is 1. The van der Waals surface area contributed by atoms with Gasteiger partial charge in [0.25, 0.3) is 0 Å². The number of aliphatic hydroxyl groups is 1. The molecule has 3 heteroatoms. The van der Waals surface area contributed by atoms with Crippen LogP contribution in [0.5, 0.6) is 0 Å². The second kappa shape index (κ2) is 5.15. The third kappa shape index (κ3) is 3.72. The van der Waals surface area contributed by atoms with Gasteiger partial charge in [-0.3, -0.25) is 4.90 Å². The van der Waals surface area contributed by atoms with E-state index in [2.05, 4.69) is 16.7 Å². The minimum atomic E-state index is -0.508. The van der Waals surface area contributed by atoms with E-state index in [9.17, 15) is 0 Å². The average molecular weight is 169 g/mol. The number of rotatable bonds is 1. The number of nitrogens with zero attached hydrogens (tertiary/aromatic N) is 1. The Morgan fingerprint density at radius 3 is 2.75 bits per heavy atom. The molecule has 3 nitrogen and oxygen atoms in total. The highest BCUT2D eigenvalue weighted by Crippen LogP contribution is 1.94. The summed E-state index contributed by atoms with van der Waals surface area (Å²) >= 11 is 0. The molecule has 1 heterocycles. The Kier molecular flexibility index (Phi) is 4.09. The van der Waals surface area contributed by atoms with Gasteiger partial charge in [-0.25, -0.2) is 0 Å². The lowest BCUT2D eigenvalue weighted by Gasteiger charge is -2.24. The van der Waals surface area contributed by atoms with Gasteiger partial charge >= 0.3 is 0 Å². The van der Waals surface area contributed by atoms with E-state index in [0.29, 0.717) is 0 Å². The molecular weight excluding hydrogens is 154 g/mol. The molecule has 1 aliphatic heterocycles. The lowest BCUT2D eigenvalue weighted by Crippen LogP contribution is -2.36. The SMILES string of the molecule is CC(O)C#CCN1CCOCC1. The van der Waals surface area contributed by atoms with Crippen LogP contribution in [0.1, 0.15) is 6.92 Å². The van der Waals surface area contributed by atoms with Crippen LogP contribution in [0.25, 0.3) is 0 Å². The number of ether oxygens (including phenoxy) is 1. The zero-order valence-corrected chi connectivity index (χ0v) is 7.42. The van der Waals surface area contributed by atoms with Crippen molar-refractivity contribution in [1.82, 2.24) is 4.90 Å². The molecule has 0 aliphatic carbocycles. The smallest absolute Gasteiger partial charge is 0.112 e. The van der Waals surface area contributed by atoms with Crippen molar-refractivity contribution in [3.05, 3.63) is 0 Å². The fraction of sp³-hybridized carbons (Fsp3) is 0.778. The molecule has 0 amide bonds. The van der Waals surface area contributed by atoms with Crippen molar-refractivity contribution in [2.45, 2.75) is 13.0 Å². The molecular formula is C9H15NO2. The van der Waals surface area contributed by atoms with Crippen LogP contribution >= 0.6 is 0 Å². The van der Waals surface area contributed by atoms with Crippen LogP contribution < -0.4 is 0 Å². The zero-order chi connectivity index (χ0) is 8.81. The number of hydrogen-bond acceptors (Lipinski definition) is 3. The molecule has 1 N–H and O–H groups in total. The molecule has 1 rings (SSSR count). The summed E-state index contributed by atoms with van der Waals surface area (Å²) in [5.74, 6) is 5.64. The molecule has 0 aromatic heterocycles. The summed E-state index contributed by atoms with van der Waals surface area (Å²) in [5.41, 5.74) is 0. The number of aliphatic hydroxyl groups excluding tert-OH is 1. The van der Waals surface area contributed by atoms with Gasteiger partial charge in [0.1, 0.15) is 6.10 Å². The highest BCUT2D eigenvalue weighted by Gasteiger charge is 2.07. The molecule has 1 aliphatic rings. The molecule has 0 spiro atoms. The average Bonchev–Trinajstić information content (AvgIpc) is 2.05. The molecule has 12 heavy (non-hydrogen) atoms. The fourth-order valence-corrected chi connectivity index (χ4v) is 1.06. The first-order valence-corrected chi connectivity index (χ1v) is 4.25. The quantitative estimate of drug-likeness (QED) is 0.547. The highest BCUT2D eigenvalue weighted by molar-refractivity contribution is 5.05. The molecule has 0 aromatic carbocycles. The van der Waals surface area contributed by atoms with E-state index in [1.165, 1.54) is 0 Å². The second-order valence-corrected chi connectivity index (χ2v) is 2.89. The maximum atomic E-state index is 8.87. The summed E-state index contributed by atoms with van der Waals surface area (Å²) in [6.45, 7) is 5.93. The predicted octanol–water partition coefficient (Wildman–Crippen LogP) is -0.297. The first-order chi connectivity index (χ1) is 5.79. The topological polar surface area (TPSA) is 32.7 Å². The summed E-state index contributed by atoms with van der Waals surface area (Å²) in [7, 11) is 0. The van der Waals surface area contributed by atoms with Crippen LogP contribution in [0.3, 0.4) is 0 Å². The summed E-state index contributed by atoms with van der Waals surface area (Å²) in [4.78, 5) is 2.22. The van der Waals surface area contributed by atoms with Crippen LogP contribution in [0.2, 0.25) is 0 Å². The molecule has 1 atom stereocenters. The van der Waals surface area contributed by atoms with Gasteiger partial charge in [0.05, 0.1) is 19.8 Å². The highest BCUT2D eigenvalue weighted by atomic mass is 16.5. The van der Waals surface area contributed by atoms with Gasteiger partial charge in [-0.1, -0.05) is 11.8 Å². The van der Waals surface area contributed by atoms with E-state index >= 15 is 0 Å². The van der Waals surface area contributed by atoms with Crippen LogP contribution in [-0.4, -0.2) is 49.0 Å². The van der Waals surface area contributed by atoms with Gasteiger partial charge in [-0.2, -0.15) is 0 Å². The second-order valence-electron chi connectivity index (χ2n) is 2.89. The number of hydrogen-bond donors (Lipinski definition) is 1. The summed E-state index contributed by atoms with van der Waals surface area (Å²) in [6, 6.07) is 0. The van der Waals surface area contributed by atoms with E-state index in [0.717, 1.165) is 32.8 Å². The Balaban J connectivity index is 2.18. The van der Waals surface area contributed by atoms with E-state index in [1.54, 1.807) is 6.92 Å². The van der Waals surface area contributed by atoms with Gasteiger partial charge in [0, 0.05) is 13.1 Å². The van der Waals surface area contributed by atoms with E-state index in [4.69, 9.17) is 9.84 Å². The van der Waals surface area contributed by atoms with E-state index in [1.807, 2.05) is 0 Å². The standard InChI is InChI=1S/C9H15NO2/c1-9(11)3-2-4-10-5-7-12-8-6-10/h9,11H,4-8H2,1H3. The Bertz CT molecular complexity index is 175. The molecule has 1 fully saturated rings. The first-order valence-electron chi connectivity index (χ1n) is 4.25. The van der Waals surface area contributed by atoms with Crippen LogP contribution in [0.4, 0.5) is 0 Å². The normalized spacial score (nSPS) is 21.2. The van der Waals surface area contributed by atoms with Crippen molar-refractivity contribution in [3.63, 3.8) is 0 Å². The van der Waals surface area contributed by atoms with Crippen molar-refractivity contribution in [2.75, 3.05) is 32.8 Å². The third-order valence-corrected chi connectivity index (χ3v) is 1.72. The lowest BCUT2D eigenvalue weighted by molar-refractivity contribution is 0.0443. The van der Waals surface area contributed by atoms with Gasteiger partial charge in [-0.15, -0.1) is 0 Å². The first kappa shape index (κ1) is 9.53. The molecule has 0 aromatic rings. The Morgan fingerprint density at radius 1 is 1.50 bits per heavy atom. The van der Waals surface area contributed by atoms with Crippen LogP contribution in [-0.2, 0) is 4.74 Å². The van der Waals surface area contributed by atoms with Gasteiger partial charge in [-0.05, 0) is 6.92 Å². The van der Waals surface area contributed by atoms with Crippen LogP contribution in [0.15, 0.2) is 0 Å². The monoisotopic (exact) mass is 169 g/mol. The minimum absolute atomic E-state index is 0.508. The van der Waals surface area contributed by atoms with Crippen molar-refractivity contribution in [1.29, 1.82) is 0 Å². The summed E-state index contributed by atoms with van der Waals surface area (Å²) in [5, 5.41) is 8.87. The largest absolute Gasteiger partial charge is 0.381 e. The predicted molar refractivity (Wildman–Crippen MR) is 46.7 cm³/mol. The molecule has 1 saturated heterocycles. The maximum absolute atomic E-state index is 8.87. The fourth-order valence-electron chi connectivity index (χ4n) is 1.06. The summed E-state index contributed by atoms with van der Waals surface area (Å²) < 4.78 is 5.19. The third-order valence-electron chi connectivity index (χ3n) is 1.72. The molecule has 0 radical (unpaired) electrons. The van der Waals surface area contributed by atoms with Crippen molar-refractivity contribution in [2.24, 2.45) is 0 Å². The van der Waals surface area contributed by atoms with Gasteiger partial charge < -0.3 is 9.84 Å². The van der Waals surface area contributed by atoms with E-state index in [-0.39, 0.29) is 0 Å². The Hall–Kier alpha value is -0.560. The minimum Gasteiger partial charge on any atom is -0.381 e. The van der Waals surface area contributed by atoms with Crippen molar-refractivity contribution < 1.29 is 9.84 Å². The lowest BCUT2D eigenvalue weighted by atomic mass is 10.3. The molecule has 0 bridgehead atoms. The van der Waals surface area contributed by atoms with Crippen LogP contribution in [0, 0.1) is 11.8 Å². The van der Waals surface area contributed by atoms with Crippen molar-refractivity contribution >= 4 is 0 Å². The molecule has 0 saturated carbocycles. The Morgan fingerprint density at radius 2 is 2.17 bits per heavy atom. The van der Waals surface area contributed by atoms with Crippen molar-refractivity contribution in [3.8, 4) is 11.8 Å². The Labute approximate surface area is 73.3 Å². The van der Waals surface area contributed by atoms with Gasteiger partial charge in [0.2, 0.25) is 0 Å². The van der Waals surface area contributed by atoms with E-state index < -0.39 is 6.10 Å². The maximum Gasteiger partial charge on any atom is 0.112 e. The molecule has 68 valence electrons. The molecule has 1 unspecified atom stereocenters. The zero-order valence-electron chi connectivity index (χ0n) is 7.42.